The third-order valence-corrected chi connectivity index (χ3v) is 5.96. The Labute approximate surface area is 179 Å². The molecule has 5 nitrogen and oxygen atoms in total. The molecule has 1 amide bonds. The van der Waals surface area contributed by atoms with Crippen molar-refractivity contribution in [3.8, 4) is 11.5 Å². The summed E-state index contributed by atoms with van der Waals surface area (Å²) >= 11 is 0. The first-order valence-electron chi connectivity index (χ1n) is 10.4. The molecule has 5 rings (SSSR count). The first kappa shape index (κ1) is 19.1. The summed E-state index contributed by atoms with van der Waals surface area (Å²) < 4.78 is 5.99. The normalized spacial score (nSPS) is 12.7. The van der Waals surface area contributed by atoms with E-state index in [1.807, 2.05) is 80.6 Å². The van der Waals surface area contributed by atoms with E-state index in [0.717, 1.165) is 27.6 Å². The number of hydrogen-bond donors (Lipinski definition) is 2. The van der Waals surface area contributed by atoms with E-state index in [4.69, 9.17) is 4.74 Å². The molecule has 3 aromatic carbocycles. The first-order chi connectivity index (χ1) is 15.1. The summed E-state index contributed by atoms with van der Waals surface area (Å²) in [6.45, 7) is 3.94. The third-order valence-electron chi connectivity index (χ3n) is 5.96. The number of anilines is 1. The number of aryl methyl sites for hydroxylation is 1. The van der Waals surface area contributed by atoms with Crippen molar-refractivity contribution in [1.29, 1.82) is 0 Å². The Hall–Kier alpha value is -3.86. The van der Waals surface area contributed by atoms with Crippen LogP contribution < -0.4 is 15.6 Å². The molecule has 5 heteroatoms. The van der Waals surface area contributed by atoms with Gasteiger partial charge in [-0.25, -0.2) is 0 Å². The molecule has 0 unspecified atom stereocenters. The largest absolute Gasteiger partial charge is 0.457 e. The number of aromatic nitrogens is 1. The first-order valence-corrected chi connectivity index (χ1v) is 10.4. The molecule has 1 aliphatic heterocycles. The van der Waals surface area contributed by atoms with E-state index in [2.05, 4.69) is 10.3 Å². The van der Waals surface area contributed by atoms with Gasteiger partial charge in [-0.15, -0.1) is 0 Å². The minimum absolute atomic E-state index is 0.0803. The summed E-state index contributed by atoms with van der Waals surface area (Å²) in [6, 6.07) is 20.8. The Morgan fingerprint density at radius 3 is 2.29 bits per heavy atom. The maximum atomic E-state index is 13.4. The van der Waals surface area contributed by atoms with Crippen LogP contribution in [0.1, 0.15) is 35.1 Å². The predicted octanol–water partition coefficient (Wildman–Crippen LogP) is 5.28. The highest BCUT2D eigenvalue weighted by atomic mass is 16.5. The maximum Gasteiger partial charge on any atom is 0.251 e. The number of pyridine rings is 1. The van der Waals surface area contributed by atoms with E-state index in [-0.39, 0.29) is 11.5 Å². The topological polar surface area (TPSA) is 71.2 Å². The minimum atomic E-state index is -0.486. The number of carbonyl (C=O) groups excluding carboxylic acids is 1. The van der Waals surface area contributed by atoms with Gasteiger partial charge in [0.05, 0.1) is 11.4 Å². The number of nitrogens with one attached hydrogen (secondary N) is 2. The second kappa shape index (κ2) is 7.43. The summed E-state index contributed by atoms with van der Waals surface area (Å²) in [5, 5.41) is 4.02. The van der Waals surface area contributed by atoms with E-state index in [1.54, 1.807) is 0 Å². The van der Waals surface area contributed by atoms with Gasteiger partial charge in [-0.3, -0.25) is 9.59 Å². The molecule has 0 spiro atoms. The summed E-state index contributed by atoms with van der Waals surface area (Å²) in [7, 11) is 0. The van der Waals surface area contributed by atoms with Crippen LogP contribution in [0.25, 0.3) is 10.9 Å². The third kappa shape index (κ3) is 3.19. The van der Waals surface area contributed by atoms with Crippen LogP contribution in [0.5, 0.6) is 11.5 Å². The van der Waals surface area contributed by atoms with Crippen molar-refractivity contribution < 1.29 is 9.53 Å². The Kier molecular flexibility index (Phi) is 4.59. The molecule has 154 valence electrons. The molecule has 31 heavy (non-hydrogen) atoms. The molecule has 1 aromatic heterocycles. The number of hydrogen-bond acceptors (Lipinski definition) is 3. The molecule has 0 bridgehead atoms. The van der Waals surface area contributed by atoms with Gasteiger partial charge in [0.1, 0.15) is 11.5 Å². The summed E-state index contributed by atoms with van der Waals surface area (Å²) in [5.41, 5.74) is 4.70. The van der Waals surface area contributed by atoms with Gasteiger partial charge in [0.25, 0.3) is 5.56 Å². The van der Waals surface area contributed by atoms with Crippen LogP contribution in [0.4, 0.5) is 5.69 Å². The number of para-hydroxylation sites is 2. The summed E-state index contributed by atoms with van der Waals surface area (Å²) in [4.78, 5) is 28.8. The molecule has 0 saturated carbocycles. The zero-order chi connectivity index (χ0) is 21.5. The van der Waals surface area contributed by atoms with Crippen molar-refractivity contribution in [3.63, 3.8) is 0 Å². The number of amides is 1. The Balaban J connectivity index is 1.54. The molecule has 0 radical (unpaired) electrons. The fraction of sp³-hybridized carbons (Fsp3) is 0.154. The van der Waals surface area contributed by atoms with E-state index < -0.39 is 5.92 Å². The molecule has 0 aliphatic carbocycles. The van der Waals surface area contributed by atoms with Gasteiger partial charge < -0.3 is 15.0 Å². The average Bonchev–Trinajstić information content (AvgIpc) is 2.77. The standard InChI is InChI=1S/C26H22N2O3/c1-3-17-15(2)18-13-12-16(14-21(18)28-25(17)29)27-26(30)24-19-8-4-6-10-22(19)31-23-11-7-5-9-20(23)24/h4-14,24H,3H2,1-2H3,(H,27,30)(H,28,29). The lowest BCUT2D eigenvalue weighted by molar-refractivity contribution is -0.116. The van der Waals surface area contributed by atoms with Gasteiger partial charge in [0.2, 0.25) is 5.91 Å². The molecule has 2 heterocycles. The molecule has 4 aromatic rings. The van der Waals surface area contributed by atoms with Gasteiger partial charge in [-0.1, -0.05) is 49.4 Å². The summed E-state index contributed by atoms with van der Waals surface area (Å²) in [6.07, 6.45) is 0.679. The monoisotopic (exact) mass is 410 g/mol. The molecule has 2 N–H and O–H groups in total. The quantitative estimate of drug-likeness (QED) is 0.483. The number of carbonyl (C=O) groups is 1. The molecule has 1 aliphatic rings. The Morgan fingerprint density at radius 2 is 1.65 bits per heavy atom. The number of fused-ring (bicyclic) bond motifs is 3. The van der Waals surface area contributed by atoms with Crippen LogP contribution in [0.3, 0.4) is 0 Å². The van der Waals surface area contributed by atoms with Gasteiger partial charge in [-0.05, 0) is 43.2 Å². The number of rotatable bonds is 3. The minimum Gasteiger partial charge on any atom is -0.457 e. The van der Waals surface area contributed by atoms with Crippen LogP contribution >= 0.6 is 0 Å². The SMILES string of the molecule is CCc1c(C)c2ccc(NC(=O)C3c4ccccc4Oc4ccccc43)cc2[nH]c1=O. The van der Waals surface area contributed by atoms with E-state index in [0.29, 0.717) is 29.1 Å². The molecular weight excluding hydrogens is 388 g/mol. The fourth-order valence-corrected chi connectivity index (χ4v) is 4.42. The fourth-order valence-electron chi connectivity index (χ4n) is 4.42. The van der Waals surface area contributed by atoms with Gasteiger partial charge in [0.15, 0.2) is 0 Å². The number of H-pyrrole nitrogens is 1. The van der Waals surface area contributed by atoms with Crippen molar-refractivity contribution in [1.82, 2.24) is 4.98 Å². The van der Waals surface area contributed by atoms with Crippen LogP contribution in [0.2, 0.25) is 0 Å². The van der Waals surface area contributed by atoms with Crippen LogP contribution in [0, 0.1) is 6.92 Å². The molecule has 0 atom stereocenters. The van der Waals surface area contributed by atoms with Crippen LogP contribution in [0.15, 0.2) is 71.5 Å². The molecule has 0 saturated heterocycles. The van der Waals surface area contributed by atoms with Crippen LogP contribution in [-0.2, 0) is 11.2 Å². The van der Waals surface area contributed by atoms with Crippen LogP contribution in [-0.4, -0.2) is 10.9 Å². The summed E-state index contributed by atoms with van der Waals surface area (Å²) in [5.74, 6) is 0.741. The van der Waals surface area contributed by atoms with Crippen molar-refractivity contribution >= 4 is 22.5 Å². The van der Waals surface area contributed by atoms with Crippen molar-refractivity contribution in [2.45, 2.75) is 26.2 Å². The maximum absolute atomic E-state index is 13.4. The molecular formula is C26H22N2O3. The van der Waals surface area contributed by atoms with Crippen molar-refractivity contribution in [2.75, 3.05) is 5.32 Å². The highest BCUT2D eigenvalue weighted by molar-refractivity contribution is 6.01. The van der Waals surface area contributed by atoms with E-state index in [9.17, 15) is 9.59 Å². The number of aromatic amines is 1. The lowest BCUT2D eigenvalue weighted by Gasteiger charge is -2.27. The van der Waals surface area contributed by atoms with Gasteiger partial charge >= 0.3 is 0 Å². The van der Waals surface area contributed by atoms with Gasteiger partial charge in [-0.2, -0.15) is 0 Å². The zero-order valence-corrected chi connectivity index (χ0v) is 17.4. The number of benzene rings is 3. The Morgan fingerprint density at radius 1 is 1.00 bits per heavy atom. The Bertz CT molecular complexity index is 1340. The molecule has 0 fully saturated rings. The van der Waals surface area contributed by atoms with Gasteiger partial charge in [0, 0.05) is 27.8 Å². The smallest absolute Gasteiger partial charge is 0.251 e. The highest BCUT2D eigenvalue weighted by Crippen LogP contribution is 2.44. The second-order valence-corrected chi connectivity index (χ2v) is 7.77. The number of ether oxygens (including phenoxy) is 1. The zero-order valence-electron chi connectivity index (χ0n) is 17.4. The highest BCUT2D eigenvalue weighted by Gasteiger charge is 2.32. The van der Waals surface area contributed by atoms with E-state index >= 15 is 0 Å². The lowest BCUT2D eigenvalue weighted by atomic mass is 9.87. The lowest BCUT2D eigenvalue weighted by Crippen LogP contribution is -2.25. The second-order valence-electron chi connectivity index (χ2n) is 7.77. The predicted molar refractivity (Wildman–Crippen MR) is 122 cm³/mol. The van der Waals surface area contributed by atoms with E-state index in [1.165, 1.54) is 0 Å². The van der Waals surface area contributed by atoms with Crippen molar-refractivity contribution in [2.24, 2.45) is 0 Å². The van der Waals surface area contributed by atoms with Crippen molar-refractivity contribution in [3.05, 3.63) is 99.3 Å². The average molecular weight is 410 g/mol.